The molecule has 0 amide bonds. The number of carbonyl (C=O) groups is 1. The van der Waals surface area contributed by atoms with Crippen molar-refractivity contribution in [3.63, 3.8) is 0 Å². The van der Waals surface area contributed by atoms with Crippen molar-refractivity contribution in [2.75, 3.05) is 6.61 Å². The van der Waals surface area contributed by atoms with E-state index < -0.39 is 11.9 Å². The molecule has 1 unspecified atom stereocenters. The maximum atomic E-state index is 11.2. The van der Waals surface area contributed by atoms with E-state index in [1.54, 1.807) is 6.92 Å². The molecular weight excluding hydrogens is 178 g/mol. The van der Waals surface area contributed by atoms with Gasteiger partial charge in [0.25, 0.3) is 0 Å². The van der Waals surface area contributed by atoms with Crippen LogP contribution in [0, 0.1) is 17.2 Å². The quantitative estimate of drug-likeness (QED) is 0.483. The van der Waals surface area contributed by atoms with Crippen LogP contribution in [0.5, 0.6) is 0 Å². The average Bonchev–Trinajstić information content (AvgIpc) is 2.18. The molecule has 3 heteroatoms. The second-order valence-corrected chi connectivity index (χ2v) is 2.93. The van der Waals surface area contributed by atoms with Crippen molar-refractivity contribution in [2.45, 2.75) is 33.1 Å². The smallest absolute Gasteiger partial charge is 0.323 e. The lowest BCUT2D eigenvalue weighted by Gasteiger charge is -2.04. The van der Waals surface area contributed by atoms with Gasteiger partial charge in [0.2, 0.25) is 0 Å². The fourth-order valence-corrected chi connectivity index (χ4v) is 0.961. The lowest BCUT2D eigenvalue weighted by atomic mass is 10.1. The molecule has 3 nitrogen and oxygen atoms in total. The van der Waals surface area contributed by atoms with E-state index >= 15 is 0 Å². The van der Waals surface area contributed by atoms with Gasteiger partial charge in [0.05, 0.1) is 12.7 Å². The van der Waals surface area contributed by atoms with E-state index in [0.717, 1.165) is 12.8 Å². The Hall–Kier alpha value is -1.30. The van der Waals surface area contributed by atoms with E-state index in [0.29, 0.717) is 13.0 Å². The monoisotopic (exact) mass is 195 g/mol. The molecule has 0 saturated heterocycles. The number of unbranched alkanes of at least 4 members (excludes halogenated alkanes) is 1. The molecule has 14 heavy (non-hydrogen) atoms. The molecule has 1 atom stereocenters. The van der Waals surface area contributed by atoms with Crippen molar-refractivity contribution >= 4 is 5.97 Å². The Morgan fingerprint density at radius 1 is 1.50 bits per heavy atom. The summed E-state index contributed by atoms with van der Waals surface area (Å²) in [6.45, 7) is 4.15. The van der Waals surface area contributed by atoms with Crippen molar-refractivity contribution in [3.8, 4) is 6.07 Å². The Kier molecular flexibility index (Phi) is 7.53. The summed E-state index contributed by atoms with van der Waals surface area (Å²) in [6, 6.07) is 1.94. The van der Waals surface area contributed by atoms with Crippen molar-refractivity contribution in [2.24, 2.45) is 5.92 Å². The zero-order valence-electron chi connectivity index (χ0n) is 8.82. The Morgan fingerprint density at radius 2 is 2.21 bits per heavy atom. The highest BCUT2D eigenvalue weighted by atomic mass is 16.5. The molecule has 0 radical (unpaired) electrons. The van der Waals surface area contributed by atoms with Crippen molar-refractivity contribution < 1.29 is 9.53 Å². The van der Waals surface area contributed by atoms with Gasteiger partial charge in [-0.3, -0.25) is 4.79 Å². The number of rotatable bonds is 6. The largest absolute Gasteiger partial charge is 0.465 e. The van der Waals surface area contributed by atoms with Crippen LogP contribution < -0.4 is 0 Å². The summed E-state index contributed by atoms with van der Waals surface area (Å²) >= 11 is 0. The zero-order valence-corrected chi connectivity index (χ0v) is 8.82. The Labute approximate surface area is 85.4 Å². The minimum absolute atomic E-state index is 0.329. The minimum atomic E-state index is -0.650. The molecule has 0 aliphatic rings. The maximum absolute atomic E-state index is 11.2. The molecule has 0 aliphatic carbocycles. The first-order chi connectivity index (χ1) is 6.76. The molecule has 0 bridgehead atoms. The normalized spacial score (nSPS) is 12.4. The van der Waals surface area contributed by atoms with Crippen LogP contribution in [0.25, 0.3) is 0 Å². The number of hydrogen-bond acceptors (Lipinski definition) is 3. The fourth-order valence-electron chi connectivity index (χ4n) is 0.961. The highest BCUT2D eigenvalue weighted by molar-refractivity contribution is 5.75. The summed E-state index contributed by atoms with van der Waals surface area (Å²) in [6.07, 6.45) is 6.38. The first-order valence-electron chi connectivity index (χ1n) is 4.97. The van der Waals surface area contributed by atoms with Crippen LogP contribution in [-0.4, -0.2) is 12.6 Å². The molecule has 0 aliphatic heterocycles. The van der Waals surface area contributed by atoms with Crippen LogP contribution in [0.1, 0.15) is 33.1 Å². The summed E-state index contributed by atoms with van der Waals surface area (Å²) in [5.41, 5.74) is 0. The van der Waals surface area contributed by atoms with E-state index in [1.165, 1.54) is 0 Å². The molecular formula is C11H17NO2. The SMILES string of the molecule is CCC/C=C/CC(C#N)C(=O)OCC. The van der Waals surface area contributed by atoms with Crippen LogP contribution in [0.4, 0.5) is 0 Å². The minimum Gasteiger partial charge on any atom is -0.465 e. The summed E-state index contributed by atoms with van der Waals surface area (Å²) in [7, 11) is 0. The Morgan fingerprint density at radius 3 is 2.71 bits per heavy atom. The molecule has 0 aromatic carbocycles. The van der Waals surface area contributed by atoms with E-state index in [4.69, 9.17) is 10.00 Å². The van der Waals surface area contributed by atoms with Crippen LogP contribution in [-0.2, 0) is 9.53 Å². The van der Waals surface area contributed by atoms with Gasteiger partial charge < -0.3 is 4.74 Å². The predicted molar refractivity (Wildman–Crippen MR) is 54.4 cm³/mol. The molecule has 78 valence electrons. The summed E-state index contributed by atoms with van der Waals surface area (Å²) in [5.74, 6) is -1.07. The summed E-state index contributed by atoms with van der Waals surface area (Å²) < 4.78 is 4.76. The number of hydrogen-bond donors (Lipinski definition) is 0. The molecule has 0 aromatic rings. The first-order valence-corrected chi connectivity index (χ1v) is 4.97. The van der Waals surface area contributed by atoms with Gasteiger partial charge >= 0.3 is 5.97 Å². The number of ether oxygens (including phenoxy) is 1. The first kappa shape index (κ1) is 12.7. The van der Waals surface area contributed by atoms with Gasteiger partial charge in [-0.1, -0.05) is 25.5 Å². The molecule has 0 spiro atoms. The highest BCUT2D eigenvalue weighted by Crippen LogP contribution is 2.06. The number of esters is 1. The van der Waals surface area contributed by atoms with Gasteiger partial charge in [-0.15, -0.1) is 0 Å². The molecule has 0 fully saturated rings. The lowest BCUT2D eigenvalue weighted by molar-refractivity contribution is -0.145. The van der Waals surface area contributed by atoms with Crippen molar-refractivity contribution in [1.82, 2.24) is 0 Å². The molecule has 0 aromatic heterocycles. The van der Waals surface area contributed by atoms with E-state index in [2.05, 4.69) is 6.92 Å². The van der Waals surface area contributed by atoms with Gasteiger partial charge in [0.15, 0.2) is 0 Å². The standard InChI is InChI=1S/C11H17NO2/c1-3-5-6-7-8-10(9-12)11(13)14-4-2/h6-7,10H,3-5,8H2,1-2H3/b7-6+. The predicted octanol–water partition coefficient (Wildman–Crippen LogP) is 2.44. The van der Waals surface area contributed by atoms with Crippen molar-refractivity contribution in [3.05, 3.63) is 12.2 Å². The van der Waals surface area contributed by atoms with Gasteiger partial charge in [0.1, 0.15) is 5.92 Å². The van der Waals surface area contributed by atoms with Crippen LogP contribution in [0.2, 0.25) is 0 Å². The molecule has 0 rings (SSSR count). The molecule has 0 heterocycles. The molecule has 0 saturated carbocycles. The van der Waals surface area contributed by atoms with Gasteiger partial charge in [-0.05, 0) is 19.8 Å². The van der Waals surface area contributed by atoms with Crippen LogP contribution in [0.15, 0.2) is 12.2 Å². The second kappa shape index (κ2) is 8.31. The van der Waals surface area contributed by atoms with Crippen LogP contribution in [0.3, 0.4) is 0 Å². The number of carbonyl (C=O) groups excluding carboxylic acids is 1. The summed E-state index contributed by atoms with van der Waals surface area (Å²) in [5, 5.41) is 8.69. The highest BCUT2D eigenvalue weighted by Gasteiger charge is 2.16. The molecule has 0 N–H and O–H groups in total. The maximum Gasteiger partial charge on any atom is 0.323 e. The third-order valence-corrected chi connectivity index (χ3v) is 1.72. The zero-order chi connectivity index (χ0) is 10.8. The Balaban J connectivity index is 3.92. The Bertz CT molecular complexity index is 228. The topological polar surface area (TPSA) is 50.1 Å². The van der Waals surface area contributed by atoms with Gasteiger partial charge in [0, 0.05) is 0 Å². The average molecular weight is 195 g/mol. The fraction of sp³-hybridized carbons (Fsp3) is 0.636. The number of nitriles is 1. The second-order valence-electron chi connectivity index (χ2n) is 2.93. The van der Waals surface area contributed by atoms with Gasteiger partial charge in [-0.25, -0.2) is 0 Å². The van der Waals surface area contributed by atoms with E-state index in [9.17, 15) is 4.79 Å². The number of allylic oxidation sites excluding steroid dienone is 2. The van der Waals surface area contributed by atoms with Crippen molar-refractivity contribution in [1.29, 1.82) is 5.26 Å². The number of nitrogens with zero attached hydrogens (tertiary/aromatic N) is 1. The third kappa shape index (κ3) is 5.36. The third-order valence-electron chi connectivity index (χ3n) is 1.72. The lowest BCUT2D eigenvalue weighted by Crippen LogP contribution is -2.15. The van der Waals surface area contributed by atoms with Gasteiger partial charge in [-0.2, -0.15) is 5.26 Å². The van der Waals surface area contributed by atoms with E-state index in [1.807, 2.05) is 18.2 Å². The van der Waals surface area contributed by atoms with Crippen LogP contribution >= 0.6 is 0 Å². The van der Waals surface area contributed by atoms with E-state index in [-0.39, 0.29) is 0 Å². The summed E-state index contributed by atoms with van der Waals surface area (Å²) in [4.78, 5) is 11.2.